The Kier molecular flexibility index (Phi) is 8.14. The number of amides is 2. The Bertz CT molecular complexity index is 295. The molecule has 2 amide bonds. The lowest BCUT2D eigenvalue weighted by Gasteiger charge is -2.30. The van der Waals surface area contributed by atoms with Crippen molar-refractivity contribution in [2.24, 2.45) is 5.92 Å². The molecule has 0 aliphatic rings. The Morgan fingerprint density at radius 2 is 1.84 bits per heavy atom. The Morgan fingerprint density at radius 3 is 2.21 bits per heavy atom. The summed E-state index contributed by atoms with van der Waals surface area (Å²) in [6, 6.07) is -0.110. The fraction of sp³-hybridized carbons (Fsp3) is 0.846. The number of nitrogens with zero attached hydrogens (tertiary/aromatic N) is 2. The van der Waals surface area contributed by atoms with Crippen LogP contribution in [0.4, 0.5) is 4.79 Å². The summed E-state index contributed by atoms with van der Waals surface area (Å²) >= 11 is 0. The summed E-state index contributed by atoms with van der Waals surface area (Å²) < 4.78 is 0. The van der Waals surface area contributed by atoms with Crippen molar-refractivity contribution in [2.75, 3.05) is 33.7 Å². The highest BCUT2D eigenvalue weighted by Crippen LogP contribution is 2.04. The molecule has 2 atom stereocenters. The molecule has 0 aliphatic carbocycles. The highest BCUT2D eigenvalue weighted by Gasteiger charge is 2.21. The monoisotopic (exact) mass is 273 g/mol. The number of carbonyl (C=O) groups excluding carboxylic acids is 1. The molecule has 6 heteroatoms. The lowest BCUT2D eigenvalue weighted by molar-refractivity contribution is -0.141. The van der Waals surface area contributed by atoms with Crippen molar-refractivity contribution in [1.82, 2.24) is 15.1 Å². The first-order chi connectivity index (χ1) is 8.83. The third-order valence-electron chi connectivity index (χ3n) is 3.10. The first kappa shape index (κ1) is 17.7. The van der Waals surface area contributed by atoms with Crippen LogP contribution in [0.1, 0.15) is 27.2 Å². The lowest BCUT2D eigenvalue weighted by atomic mass is 10.1. The van der Waals surface area contributed by atoms with Gasteiger partial charge in [0.2, 0.25) is 0 Å². The minimum absolute atomic E-state index is 0.0879. The molecule has 0 bridgehead atoms. The molecule has 0 rings (SSSR count). The van der Waals surface area contributed by atoms with Crippen molar-refractivity contribution >= 4 is 12.0 Å². The van der Waals surface area contributed by atoms with Gasteiger partial charge in [0, 0.05) is 25.7 Å². The predicted octanol–water partition coefficient (Wildman–Crippen LogP) is 1.08. The zero-order valence-corrected chi connectivity index (χ0v) is 12.6. The third kappa shape index (κ3) is 6.42. The number of carboxylic acid groups (broad SMARTS) is 1. The minimum atomic E-state index is -0.868. The molecule has 0 aromatic rings. The van der Waals surface area contributed by atoms with E-state index in [-0.39, 0.29) is 18.6 Å². The van der Waals surface area contributed by atoms with Gasteiger partial charge in [-0.3, -0.25) is 4.79 Å². The highest BCUT2D eigenvalue weighted by molar-refractivity contribution is 5.76. The second-order valence-corrected chi connectivity index (χ2v) is 5.03. The standard InChI is InChI=1S/C13H27N3O3/c1-6-11(12(17)18)8-14-13(19)16(7-2)10(3)9-15(4)5/h10-11H,6-9H2,1-5H3,(H,14,19)(H,17,18). The molecular weight excluding hydrogens is 246 g/mol. The van der Waals surface area contributed by atoms with Gasteiger partial charge in [-0.15, -0.1) is 0 Å². The van der Waals surface area contributed by atoms with Gasteiger partial charge < -0.3 is 20.2 Å². The van der Waals surface area contributed by atoms with E-state index in [2.05, 4.69) is 5.32 Å². The summed E-state index contributed by atoms with van der Waals surface area (Å²) in [7, 11) is 3.92. The highest BCUT2D eigenvalue weighted by atomic mass is 16.4. The van der Waals surface area contributed by atoms with Crippen molar-refractivity contribution in [2.45, 2.75) is 33.2 Å². The van der Waals surface area contributed by atoms with E-state index in [0.29, 0.717) is 13.0 Å². The van der Waals surface area contributed by atoms with E-state index >= 15 is 0 Å². The van der Waals surface area contributed by atoms with Crippen LogP contribution in [0.3, 0.4) is 0 Å². The zero-order chi connectivity index (χ0) is 15.0. The lowest BCUT2D eigenvalue weighted by Crippen LogP contribution is -2.49. The molecule has 0 saturated carbocycles. The van der Waals surface area contributed by atoms with Crippen molar-refractivity contribution in [3.05, 3.63) is 0 Å². The van der Waals surface area contributed by atoms with E-state index in [4.69, 9.17) is 5.11 Å². The molecule has 0 spiro atoms. The molecule has 0 saturated heterocycles. The Hall–Kier alpha value is -1.30. The van der Waals surface area contributed by atoms with Crippen LogP contribution in [0.2, 0.25) is 0 Å². The van der Waals surface area contributed by atoms with E-state index in [1.54, 1.807) is 11.8 Å². The topological polar surface area (TPSA) is 72.9 Å². The Labute approximate surface area is 115 Å². The zero-order valence-electron chi connectivity index (χ0n) is 12.6. The van der Waals surface area contributed by atoms with Crippen LogP contribution in [0, 0.1) is 5.92 Å². The first-order valence-electron chi connectivity index (χ1n) is 6.75. The molecule has 6 nitrogen and oxygen atoms in total. The largest absolute Gasteiger partial charge is 0.481 e. The maximum atomic E-state index is 12.0. The van der Waals surface area contributed by atoms with E-state index in [1.165, 1.54) is 0 Å². The second-order valence-electron chi connectivity index (χ2n) is 5.03. The molecule has 0 aliphatic heterocycles. The molecule has 0 heterocycles. The molecule has 19 heavy (non-hydrogen) atoms. The maximum Gasteiger partial charge on any atom is 0.317 e. The molecule has 0 radical (unpaired) electrons. The Balaban J connectivity index is 4.39. The smallest absolute Gasteiger partial charge is 0.317 e. The predicted molar refractivity (Wildman–Crippen MR) is 75.2 cm³/mol. The average molecular weight is 273 g/mol. The van der Waals surface area contributed by atoms with E-state index in [0.717, 1.165) is 6.54 Å². The number of carboxylic acids is 1. The Morgan fingerprint density at radius 1 is 1.26 bits per heavy atom. The van der Waals surface area contributed by atoms with Crippen molar-refractivity contribution in [3.63, 3.8) is 0 Å². The van der Waals surface area contributed by atoms with Crippen LogP contribution in [0.25, 0.3) is 0 Å². The normalized spacial score (nSPS) is 14.0. The molecule has 2 N–H and O–H groups in total. The van der Waals surface area contributed by atoms with Crippen LogP contribution in [-0.2, 0) is 4.79 Å². The van der Waals surface area contributed by atoms with Gasteiger partial charge in [0.25, 0.3) is 0 Å². The molecular formula is C13H27N3O3. The average Bonchev–Trinajstić information content (AvgIpc) is 2.29. The summed E-state index contributed by atoms with van der Waals surface area (Å²) in [5.41, 5.74) is 0. The van der Waals surface area contributed by atoms with E-state index in [9.17, 15) is 9.59 Å². The van der Waals surface area contributed by atoms with Crippen LogP contribution in [-0.4, -0.2) is 66.7 Å². The summed E-state index contributed by atoms with van der Waals surface area (Å²) in [6.07, 6.45) is 0.509. The summed E-state index contributed by atoms with van der Waals surface area (Å²) in [5.74, 6) is -1.39. The van der Waals surface area contributed by atoms with Crippen LogP contribution >= 0.6 is 0 Å². The SMILES string of the molecule is CCC(CNC(=O)N(CC)C(C)CN(C)C)C(=O)O. The van der Waals surface area contributed by atoms with Crippen molar-refractivity contribution < 1.29 is 14.7 Å². The third-order valence-corrected chi connectivity index (χ3v) is 3.10. The van der Waals surface area contributed by atoms with Crippen LogP contribution in [0.15, 0.2) is 0 Å². The van der Waals surface area contributed by atoms with Crippen LogP contribution in [0.5, 0.6) is 0 Å². The number of hydrogen-bond donors (Lipinski definition) is 2. The fourth-order valence-electron chi connectivity index (χ4n) is 2.00. The van der Waals surface area contributed by atoms with Gasteiger partial charge in [0.15, 0.2) is 0 Å². The quantitative estimate of drug-likeness (QED) is 0.694. The van der Waals surface area contributed by atoms with E-state index in [1.807, 2.05) is 32.8 Å². The molecule has 0 fully saturated rings. The van der Waals surface area contributed by atoms with Gasteiger partial charge in [-0.1, -0.05) is 6.92 Å². The number of likely N-dealkylation sites (N-methyl/N-ethyl adjacent to an activating group) is 2. The van der Waals surface area contributed by atoms with Gasteiger partial charge in [0.05, 0.1) is 5.92 Å². The van der Waals surface area contributed by atoms with Gasteiger partial charge in [-0.2, -0.15) is 0 Å². The molecule has 112 valence electrons. The van der Waals surface area contributed by atoms with Gasteiger partial charge in [-0.25, -0.2) is 4.79 Å². The maximum absolute atomic E-state index is 12.0. The number of rotatable bonds is 8. The van der Waals surface area contributed by atoms with Gasteiger partial charge in [0.1, 0.15) is 0 Å². The summed E-state index contributed by atoms with van der Waals surface area (Å²) in [4.78, 5) is 26.7. The summed E-state index contributed by atoms with van der Waals surface area (Å²) in [6.45, 7) is 7.26. The fourth-order valence-corrected chi connectivity index (χ4v) is 2.00. The first-order valence-corrected chi connectivity index (χ1v) is 6.75. The number of urea groups is 1. The molecule has 0 aromatic heterocycles. The molecule has 0 aromatic carbocycles. The van der Waals surface area contributed by atoms with Crippen molar-refractivity contribution in [3.8, 4) is 0 Å². The number of hydrogen-bond acceptors (Lipinski definition) is 3. The van der Waals surface area contributed by atoms with Gasteiger partial charge in [-0.05, 0) is 34.4 Å². The second kappa shape index (κ2) is 8.74. The van der Waals surface area contributed by atoms with Crippen LogP contribution < -0.4 is 5.32 Å². The molecule has 2 unspecified atom stereocenters. The minimum Gasteiger partial charge on any atom is -0.481 e. The van der Waals surface area contributed by atoms with Crippen molar-refractivity contribution in [1.29, 1.82) is 0 Å². The number of nitrogens with one attached hydrogen (secondary N) is 1. The van der Waals surface area contributed by atoms with E-state index < -0.39 is 11.9 Å². The number of aliphatic carboxylic acids is 1. The van der Waals surface area contributed by atoms with Gasteiger partial charge >= 0.3 is 12.0 Å². The number of carbonyl (C=O) groups is 2. The summed E-state index contributed by atoms with van der Waals surface area (Å²) in [5, 5.41) is 11.6.